The Morgan fingerprint density at radius 3 is 2.45 bits per heavy atom. The minimum absolute atomic E-state index is 0.762. The van der Waals surface area contributed by atoms with Gasteiger partial charge in [-0.1, -0.05) is 27.2 Å². The summed E-state index contributed by atoms with van der Waals surface area (Å²) in [6.07, 6.45) is 5.69. The Morgan fingerprint density at radius 2 is 1.75 bits per heavy atom. The molecule has 2 atom stereocenters. The standard InChI is InChI=1S/C17H35N3/c1-15(2)11-18-12-16(3)13-19-10-7-17(14-19)20-8-5-4-6-9-20/h15-18H,4-14H2,1-3H3. The fourth-order valence-electron chi connectivity index (χ4n) is 3.68. The third kappa shape index (κ3) is 5.34. The Hall–Kier alpha value is -0.120. The molecule has 2 fully saturated rings. The number of likely N-dealkylation sites (tertiary alicyclic amines) is 2. The van der Waals surface area contributed by atoms with Crippen molar-refractivity contribution in [3.05, 3.63) is 0 Å². The van der Waals surface area contributed by atoms with E-state index in [-0.39, 0.29) is 0 Å². The molecule has 0 amide bonds. The third-order valence-electron chi connectivity index (χ3n) is 4.77. The van der Waals surface area contributed by atoms with Crippen molar-refractivity contribution >= 4 is 0 Å². The van der Waals surface area contributed by atoms with Crippen molar-refractivity contribution in [2.24, 2.45) is 11.8 Å². The molecule has 2 aliphatic rings. The summed E-state index contributed by atoms with van der Waals surface area (Å²) in [4.78, 5) is 5.45. The second kappa shape index (κ2) is 8.35. The van der Waals surface area contributed by atoms with E-state index in [2.05, 4.69) is 35.9 Å². The minimum Gasteiger partial charge on any atom is -0.316 e. The number of nitrogens with one attached hydrogen (secondary N) is 1. The predicted molar refractivity (Wildman–Crippen MR) is 87.1 cm³/mol. The fourth-order valence-corrected chi connectivity index (χ4v) is 3.68. The molecule has 0 radical (unpaired) electrons. The Labute approximate surface area is 126 Å². The van der Waals surface area contributed by atoms with Crippen molar-refractivity contribution in [3.8, 4) is 0 Å². The Bertz CT molecular complexity index is 261. The molecular weight excluding hydrogens is 246 g/mol. The van der Waals surface area contributed by atoms with Gasteiger partial charge in [0.25, 0.3) is 0 Å². The van der Waals surface area contributed by atoms with Crippen LogP contribution in [0, 0.1) is 11.8 Å². The van der Waals surface area contributed by atoms with Crippen LogP contribution in [0.15, 0.2) is 0 Å². The molecular formula is C17H35N3. The molecule has 0 aliphatic carbocycles. The molecule has 2 saturated heterocycles. The van der Waals surface area contributed by atoms with Crippen LogP contribution in [-0.2, 0) is 0 Å². The highest BCUT2D eigenvalue weighted by Gasteiger charge is 2.28. The second-order valence-electron chi connectivity index (χ2n) is 7.46. The van der Waals surface area contributed by atoms with Crippen molar-refractivity contribution in [2.75, 3.05) is 45.8 Å². The molecule has 0 saturated carbocycles. The van der Waals surface area contributed by atoms with Crippen LogP contribution in [0.3, 0.4) is 0 Å². The van der Waals surface area contributed by atoms with Crippen LogP contribution in [0.5, 0.6) is 0 Å². The summed E-state index contributed by atoms with van der Waals surface area (Å²) < 4.78 is 0. The monoisotopic (exact) mass is 281 g/mol. The van der Waals surface area contributed by atoms with Crippen molar-refractivity contribution in [2.45, 2.75) is 52.5 Å². The highest BCUT2D eigenvalue weighted by molar-refractivity contribution is 4.85. The third-order valence-corrected chi connectivity index (χ3v) is 4.77. The van der Waals surface area contributed by atoms with Crippen LogP contribution in [0.2, 0.25) is 0 Å². The van der Waals surface area contributed by atoms with E-state index < -0.39 is 0 Å². The van der Waals surface area contributed by atoms with Gasteiger partial charge in [-0.15, -0.1) is 0 Å². The molecule has 2 aliphatic heterocycles. The number of hydrogen-bond donors (Lipinski definition) is 1. The van der Waals surface area contributed by atoms with Crippen LogP contribution in [-0.4, -0.2) is 61.7 Å². The SMILES string of the molecule is CC(C)CNCC(C)CN1CCC(N2CCCCC2)C1. The van der Waals surface area contributed by atoms with Gasteiger partial charge in [-0.25, -0.2) is 0 Å². The maximum Gasteiger partial charge on any atom is 0.0235 e. The van der Waals surface area contributed by atoms with E-state index in [1.54, 1.807) is 0 Å². The first kappa shape index (κ1) is 16.3. The number of nitrogens with zero attached hydrogens (tertiary/aromatic N) is 2. The van der Waals surface area contributed by atoms with Gasteiger partial charge in [0.15, 0.2) is 0 Å². The highest BCUT2D eigenvalue weighted by Crippen LogP contribution is 2.20. The Balaban J connectivity index is 1.62. The van der Waals surface area contributed by atoms with Crippen molar-refractivity contribution in [3.63, 3.8) is 0 Å². The topological polar surface area (TPSA) is 18.5 Å². The van der Waals surface area contributed by atoms with Gasteiger partial charge < -0.3 is 10.2 Å². The summed E-state index contributed by atoms with van der Waals surface area (Å²) in [6.45, 7) is 15.9. The molecule has 0 aromatic carbocycles. The van der Waals surface area contributed by atoms with Crippen molar-refractivity contribution < 1.29 is 0 Å². The maximum absolute atomic E-state index is 3.60. The van der Waals surface area contributed by atoms with E-state index in [0.717, 1.165) is 24.4 Å². The van der Waals surface area contributed by atoms with Crippen LogP contribution in [0.1, 0.15) is 46.5 Å². The second-order valence-corrected chi connectivity index (χ2v) is 7.46. The number of hydrogen-bond acceptors (Lipinski definition) is 3. The van der Waals surface area contributed by atoms with E-state index >= 15 is 0 Å². The Morgan fingerprint density at radius 1 is 1.00 bits per heavy atom. The maximum atomic E-state index is 3.60. The van der Waals surface area contributed by atoms with Gasteiger partial charge in [-0.2, -0.15) is 0 Å². The largest absolute Gasteiger partial charge is 0.316 e. The summed E-state index contributed by atoms with van der Waals surface area (Å²) >= 11 is 0. The summed E-state index contributed by atoms with van der Waals surface area (Å²) in [5.41, 5.74) is 0. The van der Waals surface area contributed by atoms with Gasteiger partial charge in [0.2, 0.25) is 0 Å². The quantitative estimate of drug-likeness (QED) is 0.773. The van der Waals surface area contributed by atoms with E-state index in [9.17, 15) is 0 Å². The van der Waals surface area contributed by atoms with Gasteiger partial charge in [-0.3, -0.25) is 4.90 Å². The predicted octanol–water partition coefficient (Wildman–Crippen LogP) is 2.43. The number of rotatable bonds is 7. The average molecular weight is 281 g/mol. The van der Waals surface area contributed by atoms with Crippen LogP contribution >= 0.6 is 0 Å². The summed E-state index contributed by atoms with van der Waals surface area (Å²) in [5, 5.41) is 3.60. The molecule has 118 valence electrons. The van der Waals surface area contributed by atoms with E-state index in [1.807, 2.05) is 0 Å². The van der Waals surface area contributed by atoms with Crippen LogP contribution in [0.25, 0.3) is 0 Å². The highest BCUT2D eigenvalue weighted by atomic mass is 15.3. The molecule has 3 heteroatoms. The first-order chi connectivity index (χ1) is 9.65. The minimum atomic E-state index is 0.762. The fraction of sp³-hybridized carbons (Fsp3) is 1.00. The van der Waals surface area contributed by atoms with Crippen molar-refractivity contribution in [1.82, 2.24) is 15.1 Å². The number of piperidine rings is 1. The normalized spacial score (nSPS) is 27.3. The van der Waals surface area contributed by atoms with Crippen LogP contribution < -0.4 is 5.32 Å². The van der Waals surface area contributed by atoms with Gasteiger partial charge >= 0.3 is 0 Å². The lowest BCUT2D eigenvalue weighted by Gasteiger charge is -2.32. The van der Waals surface area contributed by atoms with Crippen LogP contribution in [0.4, 0.5) is 0 Å². The summed E-state index contributed by atoms with van der Waals surface area (Å²) in [7, 11) is 0. The zero-order chi connectivity index (χ0) is 14.4. The van der Waals surface area contributed by atoms with E-state index in [4.69, 9.17) is 0 Å². The molecule has 0 bridgehead atoms. The van der Waals surface area contributed by atoms with E-state index in [1.165, 1.54) is 65.0 Å². The molecule has 0 aromatic rings. The van der Waals surface area contributed by atoms with Gasteiger partial charge in [0.05, 0.1) is 0 Å². The first-order valence-electron chi connectivity index (χ1n) is 8.82. The lowest BCUT2D eigenvalue weighted by molar-refractivity contribution is 0.159. The molecule has 0 aromatic heterocycles. The molecule has 2 rings (SSSR count). The molecule has 3 nitrogen and oxygen atoms in total. The summed E-state index contributed by atoms with van der Waals surface area (Å²) in [5.74, 6) is 1.53. The molecule has 20 heavy (non-hydrogen) atoms. The molecule has 0 spiro atoms. The van der Waals surface area contributed by atoms with Crippen molar-refractivity contribution in [1.29, 1.82) is 0 Å². The first-order valence-corrected chi connectivity index (χ1v) is 8.82. The molecule has 2 heterocycles. The van der Waals surface area contributed by atoms with Gasteiger partial charge in [0.1, 0.15) is 0 Å². The lowest BCUT2D eigenvalue weighted by atomic mass is 10.1. The zero-order valence-electron chi connectivity index (χ0n) is 13.9. The Kier molecular flexibility index (Phi) is 6.79. The molecule has 1 N–H and O–H groups in total. The smallest absolute Gasteiger partial charge is 0.0235 e. The zero-order valence-corrected chi connectivity index (χ0v) is 13.9. The average Bonchev–Trinajstić information content (AvgIpc) is 2.88. The lowest BCUT2D eigenvalue weighted by Crippen LogP contribution is -2.41. The van der Waals surface area contributed by atoms with Gasteiger partial charge in [0, 0.05) is 19.1 Å². The summed E-state index contributed by atoms with van der Waals surface area (Å²) in [6, 6.07) is 0.853. The van der Waals surface area contributed by atoms with E-state index in [0.29, 0.717) is 0 Å². The molecule has 2 unspecified atom stereocenters. The van der Waals surface area contributed by atoms with Gasteiger partial charge in [-0.05, 0) is 63.8 Å².